The minimum atomic E-state index is 0.248. The lowest BCUT2D eigenvalue weighted by Gasteiger charge is -2.04. The van der Waals surface area contributed by atoms with Crippen molar-refractivity contribution in [1.29, 1.82) is 0 Å². The van der Waals surface area contributed by atoms with Crippen LogP contribution < -0.4 is 5.73 Å². The average molecular weight is 287 g/mol. The van der Waals surface area contributed by atoms with E-state index < -0.39 is 0 Å². The van der Waals surface area contributed by atoms with Crippen molar-refractivity contribution in [3.05, 3.63) is 36.3 Å². The highest BCUT2D eigenvalue weighted by atomic mass is 32.2. The Morgan fingerprint density at radius 1 is 1.35 bits per heavy atom. The average Bonchev–Trinajstić information content (AvgIpc) is 2.79. The number of rotatable bonds is 3. The van der Waals surface area contributed by atoms with Crippen LogP contribution >= 0.6 is 11.8 Å². The number of phenols is 1. The minimum absolute atomic E-state index is 0.248. The number of anilines is 1. The molecule has 6 nitrogen and oxygen atoms in total. The maximum Gasteiger partial charge on any atom is 0.163 e. The van der Waals surface area contributed by atoms with Crippen LogP contribution in [-0.2, 0) is 12.8 Å². The van der Waals surface area contributed by atoms with E-state index >= 15 is 0 Å². The summed E-state index contributed by atoms with van der Waals surface area (Å²) in [5, 5.41) is 14.3. The molecular weight excluding hydrogens is 274 g/mol. The summed E-state index contributed by atoms with van der Waals surface area (Å²) in [4.78, 5) is 9.70. The molecule has 3 N–H and O–H groups in total. The summed E-state index contributed by atoms with van der Waals surface area (Å²) >= 11 is 1.54. The fourth-order valence-corrected chi connectivity index (χ4v) is 2.68. The lowest BCUT2D eigenvalue weighted by molar-refractivity contribution is 0.474. The van der Waals surface area contributed by atoms with Crippen LogP contribution in [0.15, 0.2) is 35.4 Å². The fourth-order valence-electron chi connectivity index (χ4n) is 1.88. The fraction of sp³-hybridized carbons (Fsp3) is 0.154. The van der Waals surface area contributed by atoms with Crippen molar-refractivity contribution in [3.8, 4) is 5.75 Å². The van der Waals surface area contributed by atoms with Crippen molar-refractivity contribution in [2.45, 2.75) is 10.6 Å². The van der Waals surface area contributed by atoms with Crippen LogP contribution in [0.4, 0.5) is 5.82 Å². The van der Waals surface area contributed by atoms with Crippen LogP contribution in [0.25, 0.3) is 11.0 Å². The third-order valence-electron chi connectivity index (χ3n) is 2.85. The highest BCUT2D eigenvalue weighted by molar-refractivity contribution is 7.98. The molecule has 0 saturated carbocycles. The highest BCUT2D eigenvalue weighted by Crippen LogP contribution is 2.26. The normalized spacial score (nSPS) is 11.1. The number of nitrogen functional groups attached to an aromatic ring is 1. The summed E-state index contributed by atoms with van der Waals surface area (Å²) in [5.41, 5.74) is 6.64. The first-order valence-corrected chi connectivity index (χ1v) is 6.98. The van der Waals surface area contributed by atoms with Gasteiger partial charge in [-0.3, -0.25) is 4.68 Å². The quantitative estimate of drug-likeness (QED) is 0.716. The molecule has 0 spiro atoms. The summed E-state index contributed by atoms with van der Waals surface area (Å²) in [7, 11) is 1.82. The van der Waals surface area contributed by atoms with Gasteiger partial charge in [0.15, 0.2) is 5.65 Å². The molecule has 0 fully saturated rings. The Morgan fingerprint density at radius 3 is 3.00 bits per heavy atom. The molecule has 0 bridgehead atoms. The van der Waals surface area contributed by atoms with Gasteiger partial charge in [0, 0.05) is 11.9 Å². The number of aromatic hydroxyl groups is 1. The number of nitrogens with two attached hydrogens (primary N) is 1. The number of hydrogen-bond acceptors (Lipinski definition) is 6. The van der Waals surface area contributed by atoms with E-state index in [4.69, 9.17) is 5.73 Å². The zero-order chi connectivity index (χ0) is 14.1. The Labute approximate surface area is 119 Å². The Morgan fingerprint density at radius 2 is 2.20 bits per heavy atom. The Hall–Kier alpha value is -2.28. The third-order valence-corrected chi connectivity index (χ3v) is 3.84. The molecule has 1 aromatic carbocycles. The number of phenolic OH excluding ortho intramolecular Hbond substituents is 1. The third kappa shape index (κ3) is 2.39. The van der Waals surface area contributed by atoms with Gasteiger partial charge in [-0.05, 0) is 18.2 Å². The summed E-state index contributed by atoms with van der Waals surface area (Å²) in [6.07, 6.45) is 1.66. The van der Waals surface area contributed by atoms with Crippen molar-refractivity contribution < 1.29 is 5.11 Å². The number of aromatic nitrogens is 4. The molecule has 102 valence electrons. The van der Waals surface area contributed by atoms with Gasteiger partial charge < -0.3 is 10.8 Å². The van der Waals surface area contributed by atoms with Gasteiger partial charge in [-0.15, -0.1) is 11.8 Å². The van der Waals surface area contributed by atoms with Gasteiger partial charge in [0.25, 0.3) is 0 Å². The minimum Gasteiger partial charge on any atom is -0.508 e. The zero-order valence-corrected chi connectivity index (χ0v) is 11.6. The number of nitrogens with zero attached hydrogens (tertiary/aromatic N) is 4. The summed E-state index contributed by atoms with van der Waals surface area (Å²) in [5.74, 6) is 1.91. The van der Waals surface area contributed by atoms with Crippen LogP contribution in [0, 0.1) is 0 Å². The number of thioether (sulfide) groups is 1. The maximum absolute atomic E-state index is 9.43. The van der Waals surface area contributed by atoms with Gasteiger partial charge in [-0.1, -0.05) is 6.07 Å². The van der Waals surface area contributed by atoms with Gasteiger partial charge >= 0.3 is 0 Å². The molecule has 2 heterocycles. The predicted molar refractivity (Wildman–Crippen MR) is 78.4 cm³/mol. The van der Waals surface area contributed by atoms with Crippen molar-refractivity contribution in [1.82, 2.24) is 19.7 Å². The van der Waals surface area contributed by atoms with Crippen LogP contribution in [0.2, 0.25) is 0 Å². The van der Waals surface area contributed by atoms with Crippen LogP contribution in [0.3, 0.4) is 0 Å². The Bertz CT molecular complexity index is 771. The van der Waals surface area contributed by atoms with Crippen molar-refractivity contribution >= 4 is 28.6 Å². The molecule has 0 aliphatic carbocycles. The van der Waals surface area contributed by atoms with Gasteiger partial charge in [-0.25, -0.2) is 9.97 Å². The lowest BCUT2D eigenvalue weighted by atomic mass is 10.3. The van der Waals surface area contributed by atoms with Crippen LogP contribution in [0.1, 0.15) is 5.82 Å². The summed E-state index contributed by atoms with van der Waals surface area (Å²) < 4.78 is 1.68. The van der Waals surface area contributed by atoms with Crippen molar-refractivity contribution in [2.24, 2.45) is 7.05 Å². The van der Waals surface area contributed by atoms with Gasteiger partial charge in [0.05, 0.1) is 17.3 Å². The van der Waals surface area contributed by atoms with E-state index in [0.717, 1.165) is 15.9 Å². The second kappa shape index (κ2) is 5.01. The monoisotopic (exact) mass is 287 g/mol. The molecular formula is C13H13N5OS. The van der Waals surface area contributed by atoms with E-state index in [1.807, 2.05) is 13.1 Å². The Kier molecular flexibility index (Phi) is 3.19. The molecule has 2 aromatic heterocycles. The molecule has 0 amide bonds. The SMILES string of the molecule is Cn1ncc2c(N)nc(CSc3cccc(O)c3)nc21. The van der Waals surface area contributed by atoms with Crippen molar-refractivity contribution in [2.75, 3.05) is 5.73 Å². The van der Waals surface area contributed by atoms with Gasteiger partial charge in [0.2, 0.25) is 0 Å². The molecule has 0 radical (unpaired) electrons. The molecule has 0 unspecified atom stereocenters. The Balaban J connectivity index is 1.86. The summed E-state index contributed by atoms with van der Waals surface area (Å²) in [6, 6.07) is 7.07. The molecule has 7 heteroatoms. The molecule has 0 saturated heterocycles. The van der Waals surface area contributed by atoms with Crippen molar-refractivity contribution in [3.63, 3.8) is 0 Å². The zero-order valence-electron chi connectivity index (χ0n) is 10.8. The van der Waals surface area contributed by atoms with Gasteiger partial charge in [0.1, 0.15) is 17.4 Å². The maximum atomic E-state index is 9.43. The van der Waals surface area contributed by atoms with E-state index in [1.54, 1.807) is 40.8 Å². The van der Waals surface area contributed by atoms with E-state index in [0.29, 0.717) is 17.4 Å². The second-order valence-electron chi connectivity index (χ2n) is 4.32. The molecule has 20 heavy (non-hydrogen) atoms. The number of hydrogen-bond donors (Lipinski definition) is 2. The largest absolute Gasteiger partial charge is 0.508 e. The number of fused-ring (bicyclic) bond motifs is 1. The first-order valence-electron chi connectivity index (χ1n) is 5.99. The number of aryl methyl sites for hydroxylation is 1. The number of benzene rings is 1. The van der Waals surface area contributed by atoms with E-state index in [2.05, 4.69) is 15.1 Å². The molecule has 0 aliphatic rings. The lowest BCUT2D eigenvalue weighted by Crippen LogP contribution is -2.01. The highest BCUT2D eigenvalue weighted by Gasteiger charge is 2.09. The standard InChI is InChI=1S/C13H13N5OS/c1-18-13-10(6-15-18)12(14)16-11(17-13)7-20-9-4-2-3-8(19)5-9/h2-6,19H,7H2,1H3,(H2,14,16,17). The molecule has 3 aromatic rings. The molecule has 3 rings (SSSR count). The predicted octanol–water partition coefficient (Wildman–Crippen LogP) is 1.94. The topological polar surface area (TPSA) is 89.9 Å². The van der Waals surface area contributed by atoms with Crippen LogP contribution in [0.5, 0.6) is 5.75 Å². The molecule has 0 atom stereocenters. The van der Waals surface area contributed by atoms with E-state index in [9.17, 15) is 5.11 Å². The second-order valence-corrected chi connectivity index (χ2v) is 5.37. The summed E-state index contributed by atoms with van der Waals surface area (Å²) in [6.45, 7) is 0. The first-order chi connectivity index (χ1) is 9.63. The molecule has 0 aliphatic heterocycles. The smallest absolute Gasteiger partial charge is 0.163 e. The van der Waals surface area contributed by atoms with E-state index in [1.165, 1.54) is 0 Å². The van der Waals surface area contributed by atoms with Gasteiger partial charge in [-0.2, -0.15) is 5.10 Å². The van der Waals surface area contributed by atoms with Crippen LogP contribution in [-0.4, -0.2) is 24.9 Å². The van der Waals surface area contributed by atoms with E-state index in [-0.39, 0.29) is 5.75 Å². The first kappa shape index (κ1) is 12.7.